The number of sulfone groups is 1. The molecule has 168 valence electrons. The summed E-state index contributed by atoms with van der Waals surface area (Å²) in [4.78, 5) is 24.7. The Kier molecular flexibility index (Phi) is 6.56. The summed E-state index contributed by atoms with van der Waals surface area (Å²) in [7, 11) is -3.09. The number of hydrogen-bond acceptors (Lipinski definition) is 6. The number of carbonyl (C=O) groups is 2. The predicted octanol–water partition coefficient (Wildman–Crippen LogP) is 4.12. The molecule has 0 N–H and O–H groups in total. The van der Waals surface area contributed by atoms with E-state index in [9.17, 15) is 31.2 Å². The van der Waals surface area contributed by atoms with Gasteiger partial charge in [-0.2, -0.15) is 13.2 Å². The van der Waals surface area contributed by atoms with E-state index in [4.69, 9.17) is 4.74 Å². The molecule has 0 radical (unpaired) electrons. The van der Waals surface area contributed by atoms with Gasteiger partial charge < -0.3 is 9.30 Å². The van der Waals surface area contributed by atoms with Crippen LogP contribution >= 0.6 is 11.8 Å². The minimum absolute atomic E-state index is 0.0224. The van der Waals surface area contributed by atoms with Crippen LogP contribution in [0.5, 0.6) is 0 Å². The van der Waals surface area contributed by atoms with Gasteiger partial charge in [0.1, 0.15) is 0 Å². The van der Waals surface area contributed by atoms with E-state index in [-0.39, 0.29) is 39.8 Å². The van der Waals surface area contributed by atoms with Gasteiger partial charge in [0.15, 0.2) is 16.4 Å². The topological polar surface area (TPSA) is 82.4 Å². The number of nitrogens with zero attached hydrogens (tertiary/aromatic N) is 1. The van der Waals surface area contributed by atoms with Gasteiger partial charge in [0.2, 0.25) is 5.78 Å². The Morgan fingerprint density at radius 3 is 2.39 bits per heavy atom. The van der Waals surface area contributed by atoms with Crippen LogP contribution in [0.15, 0.2) is 35.2 Å². The van der Waals surface area contributed by atoms with Crippen molar-refractivity contribution in [2.24, 2.45) is 0 Å². The van der Waals surface area contributed by atoms with Crippen molar-refractivity contribution in [2.45, 2.75) is 36.7 Å². The monoisotopic (exact) mass is 475 g/mol. The fourth-order valence-corrected chi connectivity index (χ4v) is 5.92. The first-order valence-electron chi connectivity index (χ1n) is 9.31. The highest BCUT2D eigenvalue weighted by Gasteiger charge is 2.32. The molecule has 1 aliphatic heterocycles. The molecule has 6 nitrogen and oxygen atoms in total. The predicted molar refractivity (Wildman–Crippen MR) is 109 cm³/mol. The van der Waals surface area contributed by atoms with E-state index in [1.54, 1.807) is 19.9 Å². The van der Waals surface area contributed by atoms with Gasteiger partial charge in [0.25, 0.3) is 0 Å². The van der Waals surface area contributed by atoms with Crippen LogP contribution < -0.4 is 0 Å². The quantitative estimate of drug-likeness (QED) is 0.355. The average Bonchev–Trinajstić information content (AvgIpc) is 3.16. The molecule has 0 aliphatic carbocycles. The maximum absolute atomic E-state index is 12.6. The summed E-state index contributed by atoms with van der Waals surface area (Å²) in [6.45, 7) is 2.95. The number of alkyl halides is 3. The van der Waals surface area contributed by atoms with Crippen LogP contribution in [0.25, 0.3) is 0 Å². The maximum Gasteiger partial charge on any atom is 0.446 e. The third kappa shape index (κ3) is 5.70. The van der Waals surface area contributed by atoms with Gasteiger partial charge in [0.05, 0.1) is 17.1 Å². The van der Waals surface area contributed by atoms with Crippen molar-refractivity contribution in [3.63, 3.8) is 0 Å². The Hall–Kier alpha value is -2.27. The van der Waals surface area contributed by atoms with E-state index in [1.807, 2.05) is 4.57 Å². The number of aromatic nitrogens is 1. The fourth-order valence-electron chi connectivity index (χ4n) is 3.69. The van der Waals surface area contributed by atoms with E-state index < -0.39 is 33.7 Å². The highest BCUT2D eigenvalue weighted by atomic mass is 32.2. The zero-order chi connectivity index (χ0) is 23.0. The normalized spacial score (nSPS) is 18.2. The molecule has 1 atom stereocenters. The van der Waals surface area contributed by atoms with Crippen LogP contribution in [0.3, 0.4) is 0 Å². The Balaban J connectivity index is 1.65. The fraction of sp³-hybridized carbons (Fsp3) is 0.400. The van der Waals surface area contributed by atoms with Crippen molar-refractivity contribution in [3.05, 3.63) is 52.8 Å². The zero-order valence-electron chi connectivity index (χ0n) is 16.7. The highest BCUT2D eigenvalue weighted by Crippen LogP contribution is 2.36. The summed E-state index contributed by atoms with van der Waals surface area (Å²) in [5.74, 6) is -1.14. The first-order chi connectivity index (χ1) is 14.4. The summed E-state index contributed by atoms with van der Waals surface area (Å²) in [5, 5.41) is 0. The summed E-state index contributed by atoms with van der Waals surface area (Å²) < 4.78 is 67.5. The van der Waals surface area contributed by atoms with Crippen molar-refractivity contribution < 1.29 is 35.9 Å². The van der Waals surface area contributed by atoms with Crippen molar-refractivity contribution in [3.8, 4) is 0 Å². The second-order valence-electron chi connectivity index (χ2n) is 7.28. The molecule has 1 aromatic heterocycles. The Morgan fingerprint density at radius 1 is 1.19 bits per heavy atom. The molecule has 31 heavy (non-hydrogen) atoms. The van der Waals surface area contributed by atoms with E-state index >= 15 is 0 Å². The molecule has 1 unspecified atom stereocenters. The van der Waals surface area contributed by atoms with Crippen molar-refractivity contribution >= 4 is 33.4 Å². The first-order valence-corrected chi connectivity index (χ1v) is 11.9. The average molecular weight is 476 g/mol. The van der Waals surface area contributed by atoms with Crippen LogP contribution in [-0.4, -0.2) is 48.4 Å². The van der Waals surface area contributed by atoms with E-state index in [1.165, 1.54) is 12.1 Å². The first kappa shape index (κ1) is 23.4. The number of ketones is 1. The SMILES string of the molecule is Cc1cc(C(=O)COC(=O)c2ccc(SC(F)(F)F)cc2)c(C)n1C1CCS(=O)(=O)C1. The molecule has 11 heteroatoms. The molecule has 0 saturated carbocycles. The number of rotatable bonds is 6. The minimum atomic E-state index is -4.43. The standard InChI is InChI=1S/C20H20F3NO5S2/c1-12-9-17(13(2)24(12)15-7-8-31(27,28)11-15)18(25)10-29-19(26)14-3-5-16(6-4-14)30-20(21,22)23/h3-6,9,15H,7-8,10-11H2,1-2H3. The van der Waals surface area contributed by atoms with Gasteiger partial charge in [-0.05, 0) is 62.4 Å². The number of carbonyl (C=O) groups excluding carboxylic acids is 2. The third-order valence-corrected chi connectivity index (χ3v) is 7.51. The smallest absolute Gasteiger partial charge is 0.446 e. The maximum atomic E-state index is 12.6. The third-order valence-electron chi connectivity index (χ3n) is 5.02. The minimum Gasteiger partial charge on any atom is -0.454 e. The lowest BCUT2D eigenvalue weighted by Crippen LogP contribution is -2.17. The molecule has 2 aromatic rings. The second kappa shape index (κ2) is 8.70. The molecule has 2 heterocycles. The van der Waals surface area contributed by atoms with Crippen LogP contribution in [0, 0.1) is 13.8 Å². The molecule has 0 bridgehead atoms. The van der Waals surface area contributed by atoms with Crippen molar-refractivity contribution in [1.82, 2.24) is 4.57 Å². The molecule has 3 rings (SSSR count). The lowest BCUT2D eigenvalue weighted by atomic mass is 10.1. The van der Waals surface area contributed by atoms with Gasteiger partial charge in [-0.3, -0.25) is 4.79 Å². The van der Waals surface area contributed by atoms with Gasteiger partial charge in [-0.25, -0.2) is 13.2 Å². The summed E-state index contributed by atoms with van der Waals surface area (Å²) in [6.07, 6.45) is 0.476. The lowest BCUT2D eigenvalue weighted by molar-refractivity contribution is -0.0328. The van der Waals surface area contributed by atoms with Crippen LogP contribution in [0.1, 0.15) is 44.6 Å². The second-order valence-corrected chi connectivity index (χ2v) is 10.7. The molecule has 1 aliphatic rings. The Morgan fingerprint density at radius 2 is 1.84 bits per heavy atom. The van der Waals surface area contributed by atoms with Gasteiger partial charge >= 0.3 is 11.5 Å². The number of aryl methyl sites for hydroxylation is 1. The number of Topliss-reactive ketones (excluding diaryl/α,β-unsaturated/α-hetero) is 1. The number of hydrogen-bond donors (Lipinski definition) is 0. The number of halogens is 3. The molecule has 1 saturated heterocycles. The number of thioether (sulfide) groups is 1. The summed E-state index contributed by atoms with van der Waals surface area (Å²) in [5.41, 5.74) is -2.71. The largest absolute Gasteiger partial charge is 0.454 e. The van der Waals surface area contributed by atoms with Crippen LogP contribution in [0.4, 0.5) is 13.2 Å². The zero-order valence-corrected chi connectivity index (χ0v) is 18.4. The Bertz CT molecular complexity index is 1110. The molecular formula is C20H20F3NO5S2. The Labute approximate surface area is 181 Å². The van der Waals surface area contributed by atoms with Crippen LogP contribution in [-0.2, 0) is 14.6 Å². The van der Waals surface area contributed by atoms with Crippen molar-refractivity contribution in [2.75, 3.05) is 18.1 Å². The number of benzene rings is 1. The summed E-state index contributed by atoms with van der Waals surface area (Å²) >= 11 is -0.294. The van der Waals surface area contributed by atoms with E-state index in [0.717, 1.165) is 17.8 Å². The van der Waals surface area contributed by atoms with Gasteiger partial charge in [0, 0.05) is 27.9 Å². The molecule has 0 amide bonds. The van der Waals surface area contributed by atoms with E-state index in [2.05, 4.69) is 0 Å². The van der Waals surface area contributed by atoms with Gasteiger partial charge in [-0.15, -0.1) is 0 Å². The molecule has 0 spiro atoms. The molecule has 1 fully saturated rings. The number of ether oxygens (including phenoxy) is 1. The molecular weight excluding hydrogens is 455 g/mol. The number of esters is 1. The highest BCUT2D eigenvalue weighted by molar-refractivity contribution is 8.00. The van der Waals surface area contributed by atoms with Crippen molar-refractivity contribution in [1.29, 1.82) is 0 Å². The summed E-state index contributed by atoms with van der Waals surface area (Å²) in [6, 6.07) is 6.11. The van der Waals surface area contributed by atoms with Gasteiger partial charge in [-0.1, -0.05) is 0 Å². The lowest BCUT2D eigenvalue weighted by Gasteiger charge is -2.16. The van der Waals surface area contributed by atoms with Crippen LogP contribution in [0.2, 0.25) is 0 Å². The molecule has 1 aromatic carbocycles. The van der Waals surface area contributed by atoms with E-state index in [0.29, 0.717) is 17.7 Å².